The Kier molecular flexibility index (Phi) is 26.1. The molecule has 9 aromatic rings. The van der Waals surface area contributed by atoms with Gasteiger partial charge in [-0.3, -0.25) is 20.2 Å². The van der Waals surface area contributed by atoms with Crippen molar-refractivity contribution in [1.82, 2.24) is 50.2 Å². The molecule has 2 aliphatic rings. The molecule has 6 amide bonds. The molecule has 1 saturated heterocycles. The van der Waals surface area contributed by atoms with Crippen LogP contribution in [0.5, 0.6) is 5.75 Å². The minimum absolute atomic E-state index is 0.0525. The van der Waals surface area contributed by atoms with E-state index in [0.717, 1.165) is 40.8 Å². The quantitative estimate of drug-likeness (QED) is 0.0418. The molecule has 4 aromatic heterocycles. The number of fused-ring (bicyclic) bond motifs is 2. The molecule has 112 heavy (non-hydrogen) atoms. The van der Waals surface area contributed by atoms with Crippen LogP contribution in [0.1, 0.15) is 163 Å². The maximum atomic E-state index is 13.6. The average molecular weight is 1580 g/mol. The molecular formula is C78H95N15O17S2. The molecule has 1 saturated carbocycles. The van der Waals surface area contributed by atoms with Gasteiger partial charge in [0.1, 0.15) is 49.4 Å². The fraction of sp³-hybridized carbons (Fsp3) is 0.436. The summed E-state index contributed by atoms with van der Waals surface area (Å²) >= 11 is 2.33. The SMILES string of the molecule is CC(C)(C)OC(=O)CC1CCN(C(=O)Nc2ccc(-c3nnc(N(C(=O)OC(C)(C)C)c4ccc5c(cnn5C(=O)OC(C)(C)C)c4)s3)cc2)C1.CC(C)(C)OC(=O)N(c1ccc2c(cnn2C(=O)OC(C)(C)C)c1)c1nnc(-c2ccc(NC(=O)Oc3ccc([N+](=O)[O-])cc3)cc2)s1.CC(C)(C)OC(=O)NC1CCCC1. The summed E-state index contributed by atoms with van der Waals surface area (Å²) in [5, 5.41) is 47.5. The van der Waals surface area contributed by atoms with Crippen LogP contribution >= 0.6 is 22.7 Å². The number of hydrogen-bond acceptors (Lipinski definition) is 25. The van der Waals surface area contributed by atoms with Crippen molar-refractivity contribution in [3.05, 3.63) is 132 Å². The second-order valence-corrected chi connectivity index (χ2v) is 34.3. The van der Waals surface area contributed by atoms with Gasteiger partial charge in [0, 0.05) is 64.5 Å². The monoisotopic (exact) mass is 1580 g/mol. The van der Waals surface area contributed by atoms with Gasteiger partial charge in [0.15, 0.2) is 0 Å². The highest BCUT2D eigenvalue weighted by Crippen LogP contribution is 2.39. The van der Waals surface area contributed by atoms with Crippen molar-refractivity contribution in [3.63, 3.8) is 0 Å². The van der Waals surface area contributed by atoms with Crippen molar-refractivity contribution in [2.75, 3.05) is 33.5 Å². The highest BCUT2D eigenvalue weighted by Gasteiger charge is 2.34. The largest absolute Gasteiger partial charge is 0.460 e. The van der Waals surface area contributed by atoms with Crippen molar-refractivity contribution in [3.8, 4) is 26.9 Å². The molecule has 0 spiro atoms. The third kappa shape index (κ3) is 24.7. The van der Waals surface area contributed by atoms with Crippen molar-refractivity contribution < 1.29 is 76.4 Å². The third-order valence-corrected chi connectivity index (χ3v) is 17.6. The number of hydrogen-bond donors (Lipinski definition) is 3. The molecular weight excluding hydrogens is 1480 g/mol. The van der Waals surface area contributed by atoms with Crippen LogP contribution in [0.15, 0.2) is 122 Å². The molecule has 5 aromatic carbocycles. The number of likely N-dealkylation sites (tertiary alicyclic amines) is 1. The average Bonchev–Trinajstić information content (AvgIpc) is 1.61. The lowest BCUT2D eigenvalue weighted by Gasteiger charge is -2.25. The zero-order chi connectivity index (χ0) is 82.0. The van der Waals surface area contributed by atoms with Gasteiger partial charge in [0.2, 0.25) is 10.3 Å². The van der Waals surface area contributed by atoms with E-state index in [1.54, 1.807) is 161 Å². The van der Waals surface area contributed by atoms with E-state index in [9.17, 15) is 48.5 Å². The molecule has 5 heterocycles. The third-order valence-electron chi connectivity index (χ3n) is 15.7. The van der Waals surface area contributed by atoms with Crippen molar-refractivity contribution in [2.24, 2.45) is 5.92 Å². The van der Waals surface area contributed by atoms with Crippen molar-refractivity contribution in [1.29, 1.82) is 0 Å². The summed E-state index contributed by atoms with van der Waals surface area (Å²) in [6.45, 7) is 33.3. The Bertz CT molecular complexity index is 4870. The number of carbonyl (C=O) groups excluding carboxylic acids is 8. The predicted molar refractivity (Wildman–Crippen MR) is 424 cm³/mol. The molecule has 596 valence electrons. The molecule has 32 nitrogen and oxygen atoms in total. The Morgan fingerprint density at radius 3 is 1.36 bits per heavy atom. The summed E-state index contributed by atoms with van der Waals surface area (Å²) in [7, 11) is 0. The lowest BCUT2D eigenvalue weighted by Crippen LogP contribution is -2.37. The lowest BCUT2D eigenvalue weighted by atomic mass is 10.1. The van der Waals surface area contributed by atoms with Crippen LogP contribution in [-0.4, -0.2) is 151 Å². The van der Waals surface area contributed by atoms with Gasteiger partial charge in [0.25, 0.3) is 5.69 Å². The molecule has 1 aliphatic carbocycles. The first-order chi connectivity index (χ1) is 52.3. The zero-order valence-corrected chi connectivity index (χ0v) is 67.6. The second kappa shape index (κ2) is 34.7. The Balaban J connectivity index is 0.000000221. The normalized spacial score (nSPS) is 14.0. The highest BCUT2D eigenvalue weighted by atomic mass is 32.1. The lowest BCUT2D eigenvalue weighted by molar-refractivity contribution is -0.384. The first-order valence-corrected chi connectivity index (χ1v) is 37.8. The second-order valence-electron chi connectivity index (χ2n) is 32.3. The van der Waals surface area contributed by atoms with Gasteiger partial charge >= 0.3 is 48.6 Å². The van der Waals surface area contributed by atoms with Gasteiger partial charge in [-0.05, 0) is 247 Å². The van der Waals surface area contributed by atoms with E-state index in [-0.39, 0.29) is 57.7 Å². The number of alkyl carbamates (subject to hydrolysis) is 1. The maximum Gasteiger partial charge on any atom is 0.435 e. The van der Waals surface area contributed by atoms with Crippen molar-refractivity contribution >= 4 is 132 Å². The van der Waals surface area contributed by atoms with Gasteiger partial charge < -0.3 is 48.7 Å². The molecule has 34 heteroatoms. The predicted octanol–water partition coefficient (Wildman–Crippen LogP) is 18.4. The smallest absolute Gasteiger partial charge is 0.435 e. The number of urea groups is 1. The van der Waals surface area contributed by atoms with E-state index < -0.39 is 63.4 Å². The van der Waals surface area contributed by atoms with Gasteiger partial charge in [-0.25, -0.2) is 43.4 Å². The van der Waals surface area contributed by atoms with Crippen LogP contribution in [0.3, 0.4) is 0 Å². The van der Waals surface area contributed by atoms with E-state index in [1.807, 2.05) is 53.7 Å². The molecule has 3 N–H and O–H groups in total. The van der Waals surface area contributed by atoms with Gasteiger partial charge in [-0.1, -0.05) is 35.5 Å². The van der Waals surface area contributed by atoms with Crippen LogP contribution in [-0.2, 0) is 33.2 Å². The number of nitro benzene ring substituents is 1. The Morgan fingerprint density at radius 1 is 0.509 bits per heavy atom. The number of ether oxygens (including phenoxy) is 7. The Labute approximate surface area is 655 Å². The summed E-state index contributed by atoms with van der Waals surface area (Å²) < 4.78 is 40.4. The van der Waals surface area contributed by atoms with Crippen LogP contribution in [0.4, 0.5) is 72.3 Å². The van der Waals surface area contributed by atoms with E-state index >= 15 is 0 Å². The Hall–Kier alpha value is -11.7. The van der Waals surface area contributed by atoms with Gasteiger partial charge in [-0.2, -0.15) is 19.6 Å². The van der Waals surface area contributed by atoms with Crippen LogP contribution in [0.25, 0.3) is 42.9 Å². The van der Waals surface area contributed by atoms with E-state index in [0.29, 0.717) is 79.3 Å². The topological polar surface area (TPSA) is 377 Å². The molecule has 1 aliphatic heterocycles. The fourth-order valence-electron chi connectivity index (χ4n) is 11.1. The number of amides is 6. The highest BCUT2D eigenvalue weighted by molar-refractivity contribution is 7.19. The number of non-ortho nitro benzene ring substituents is 1. The maximum absolute atomic E-state index is 13.6. The number of nitro groups is 1. The fourth-order valence-corrected chi connectivity index (χ4v) is 12.8. The molecule has 0 radical (unpaired) electrons. The van der Waals surface area contributed by atoms with Crippen LogP contribution in [0.2, 0.25) is 0 Å². The minimum atomic E-state index is -0.809. The number of nitrogens with zero attached hydrogens (tertiary/aromatic N) is 12. The molecule has 11 rings (SSSR count). The molecule has 1 atom stereocenters. The summed E-state index contributed by atoms with van der Waals surface area (Å²) in [5.41, 5.74) is 0.195. The first kappa shape index (κ1) is 84.3. The molecule has 1 unspecified atom stereocenters. The van der Waals surface area contributed by atoms with E-state index in [4.69, 9.17) is 33.2 Å². The van der Waals surface area contributed by atoms with E-state index in [1.165, 1.54) is 75.3 Å². The number of benzene rings is 5. The molecule has 0 bridgehead atoms. The Morgan fingerprint density at radius 2 is 0.938 bits per heavy atom. The number of carbonyl (C=O) groups is 8. The summed E-state index contributed by atoms with van der Waals surface area (Å²) in [4.78, 5) is 116. The first-order valence-electron chi connectivity index (χ1n) is 36.1. The summed E-state index contributed by atoms with van der Waals surface area (Å²) in [5.74, 6) is -0.0638. The number of nitrogens with one attached hydrogen (secondary N) is 3. The van der Waals surface area contributed by atoms with E-state index in [2.05, 4.69) is 46.5 Å². The number of anilines is 6. The van der Waals surface area contributed by atoms with Crippen LogP contribution < -0.4 is 30.5 Å². The molecule has 2 fully saturated rings. The standard InChI is InChI=1S/C36H45N7O7S.C32H31N7O8S.C10H19NO2/c1-34(2,3)48-28(44)18-22-16-17-41(21-22)30(45)38-25-12-10-23(11-13-25)29-39-40-31(51-29)42(32(46)49-35(4,5)6)26-14-15-27-24(19-26)20-37-43(27)33(47)50-36(7,8)9;1-31(2,3)46-29(41)37(23-13-16-25-20(17-23)18-33-38(25)30(42)47-32(4,5)6)27-36-35-26(48-27)19-7-9-21(10-8-19)34-28(40)45-24-14-11-22(12-15-24)39(43)44;1-10(2,3)13-9(12)11-8-6-4-5-7-8/h10-15,19-20,22H,16-18,21H2,1-9H3,(H,38,45);7-18H,1-6H3,(H,34,40);8H,4-7H2,1-3H3,(H,11,12). The van der Waals surface area contributed by atoms with Gasteiger partial charge in [-0.15, -0.1) is 20.4 Å². The van der Waals surface area contributed by atoms with Crippen molar-refractivity contribution in [2.45, 2.75) is 203 Å². The number of rotatable bonds is 13. The summed E-state index contributed by atoms with van der Waals surface area (Å²) in [6, 6.07) is 29.1. The minimum Gasteiger partial charge on any atom is -0.460 e. The van der Waals surface area contributed by atoms with Crippen LogP contribution in [0, 0.1) is 16.0 Å². The number of aromatic nitrogens is 8. The summed E-state index contributed by atoms with van der Waals surface area (Å²) in [6.07, 6.45) is 5.02. The zero-order valence-electron chi connectivity index (χ0n) is 66.0. The van der Waals surface area contributed by atoms with Gasteiger partial charge in [0.05, 0.1) is 46.1 Å². The number of esters is 1.